The maximum Gasteiger partial charge on any atom is 0.242 e. The van der Waals surface area contributed by atoms with Crippen molar-refractivity contribution in [3.8, 4) is 0 Å². The molecule has 1 aromatic heterocycles. The van der Waals surface area contributed by atoms with Crippen molar-refractivity contribution in [1.82, 2.24) is 9.71 Å². The van der Waals surface area contributed by atoms with Crippen molar-refractivity contribution in [2.75, 3.05) is 18.6 Å². The molecule has 1 aliphatic carbocycles. The molecule has 1 aliphatic rings. The highest BCUT2D eigenvalue weighted by Crippen LogP contribution is 2.29. The summed E-state index contributed by atoms with van der Waals surface area (Å²) in [4.78, 5) is 4.26. The van der Waals surface area contributed by atoms with Gasteiger partial charge in [-0.05, 0) is 37.7 Å². The molecule has 7 heteroatoms. The first-order chi connectivity index (χ1) is 9.05. The minimum Gasteiger partial charge on any atom is -0.373 e. The first kappa shape index (κ1) is 14.6. The monoisotopic (exact) mass is 301 g/mol. The number of sulfonamides is 1. The van der Waals surface area contributed by atoms with Gasteiger partial charge in [-0.3, -0.25) is 0 Å². The van der Waals surface area contributed by atoms with E-state index in [0.29, 0.717) is 11.1 Å². The molecule has 0 radical (unpaired) electrons. The average Bonchev–Trinajstić information content (AvgIpc) is 2.85. The van der Waals surface area contributed by atoms with Crippen molar-refractivity contribution in [3.63, 3.8) is 0 Å². The fourth-order valence-corrected chi connectivity index (χ4v) is 4.26. The van der Waals surface area contributed by atoms with Gasteiger partial charge in [0.05, 0.1) is 0 Å². The minimum atomic E-state index is -3.45. The van der Waals surface area contributed by atoms with Crippen LogP contribution in [0, 0.1) is 0 Å². The van der Waals surface area contributed by atoms with E-state index in [4.69, 9.17) is 0 Å². The predicted octanol–water partition coefficient (Wildman–Crippen LogP) is 1.69. The Morgan fingerprint density at radius 2 is 2.16 bits per heavy atom. The third kappa shape index (κ3) is 3.61. The van der Waals surface area contributed by atoms with E-state index in [1.165, 1.54) is 6.20 Å². The Balaban J connectivity index is 2.05. The molecule has 0 aromatic carbocycles. The van der Waals surface area contributed by atoms with Crippen LogP contribution in [-0.4, -0.2) is 38.0 Å². The van der Waals surface area contributed by atoms with Gasteiger partial charge in [-0.15, -0.1) is 0 Å². The predicted molar refractivity (Wildman–Crippen MR) is 79.0 cm³/mol. The van der Waals surface area contributed by atoms with Crippen molar-refractivity contribution >= 4 is 27.6 Å². The Labute approximate surface area is 118 Å². The van der Waals surface area contributed by atoms with Crippen LogP contribution in [0.5, 0.6) is 0 Å². The third-order valence-electron chi connectivity index (χ3n) is 3.34. The smallest absolute Gasteiger partial charge is 0.242 e. The van der Waals surface area contributed by atoms with E-state index in [2.05, 4.69) is 21.3 Å². The van der Waals surface area contributed by atoms with Crippen LogP contribution in [0.4, 0.5) is 5.82 Å². The third-order valence-corrected chi connectivity index (χ3v) is 5.94. The molecule has 0 aliphatic heterocycles. The molecule has 0 saturated heterocycles. The highest BCUT2D eigenvalue weighted by molar-refractivity contribution is 7.99. The molecule has 1 saturated carbocycles. The Kier molecular flexibility index (Phi) is 4.70. The number of hydrogen-bond donors (Lipinski definition) is 2. The van der Waals surface area contributed by atoms with Gasteiger partial charge in [0.1, 0.15) is 10.7 Å². The largest absolute Gasteiger partial charge is 0.373 e. The van der Waals surface area contributed by atoms with Crippen molar-refractivity contribution in [1.29, 1.82) is 0 Å². The molecule has 2 N–H and O–H groups in total. The summed E-state index contributed by atoms with van der Waals surface area (Å²) in [5.74, 6) is 0.655. The standard InChI is InChI=1S/C12H19N3O2S2/c1-13-12-6-5-11(8-14-12)19(16,17)15-9-3-4-10(7-9)18-2/h5-6,8-10,15H,3-4,7H2,1-2H3,(H,13,14). The highest BCUT2D eigenvalue weighted by atomic mass is 32.2. The number of aromatic nitrogens is 1. The fourth-order valence-electron chi connectivity index (χ4n) is 2.24. The molecule has 1 aromatic rings. The first-order valence-corrected chi connectivity index (χ1v) is 9.01. The lowest BCUT2D eigenvalue weighted by atomic mass is 10.3. The van der Waals surface area contributed by atoms with Crippen LogP contribution in [0.3, 0.4) is 0 Å². The fraction of sp³-hybridized carbons (Fsp3) is 0.583. The molecule has 0 bridgehead atoms. The summed E-state index contributed by atoms with van der Waals surface area (Å²) in [7, 11) is -1.70. The lowest BCUT2D eigenvalue weighted by molar-refractivity contribution is 0.552. The van der Waals surface area contributed by atoms with Crippen LogP contribution in [0.25, 0.3) is 0 Å². The lowest BCUT2D eigenvalue weighted by Gasteiger charge is -2.13. The summed E-state index contributed by atoms with van der Waals surface area (Å²) in [5.41, 5.74) is 0. The van der Waals surface area contributed by atoms with Gasteiger partial charge >= 0.3 is 0 Å². The first-order valence-electron chi connectivity index (χ1n) is 6.24. The zero-order chi connectivity index (χ0) is 13.9. The second kappa shape index (κ2) is 6.11. The molecule has 2 rings (SSSR count). The second-order valence-corrected chi connectivity index (χ2v) is 7.47. The van der Waals surface area contributed by atoms with Crippen LogP contribution < -0.4 is 10.0 Å². The van der Waals surface area contributed by atoms with E-state index in [1.54, 1.807) is 19.2 Å². The SMILES string of the molecule is CNc1ccc(S(=O)(=O)NC2CCC(SC)C2)cn1. The molecule has 19 heavy (non-hydrogen) atoms. The minimum absolute atomic E-state index is 0.0476. The summed E-state index contributed by atoms with van der Waals surface area (Å²) in [6.45, 7) is 0. The topological polar surface area (TPSA) is 71.1 Å². The summed E-state index contributed by atoms with van der Waals surface area (Å²) >= 11 is 1.81. The van der Waals surface area contributed by atoms with Crippen LogP contribution in [0.1, 0.15) is 19.3 Å². The molecule has 5 nitrogen and oxygen atoms in total. The Bertz CT molecular complexity index is 516. The van der Waals surface area contributed by atoms with Gasteiger partial charge in [0, 0.05) is 24.5 Å². The van der Waals surface area contributed by atoms with Crippen LogP contribution >= 0.6 is 11.8 Å². The van der Waals surface area contributed by atoms with Gasteiger partial charge < -0.3 is 5.32 Å². The number of nitrogens with one attached hydrogen (secondary N) is 2. The van der Waals surface area contributed by atoms with E-state index in [9.17, 15) is 8.42 Å². The maximum atomic E-state index is 12.2. The molecule has 1 fully saturated rings. The molecule has 2 unspecified atom stereocenters. The highest BCUT2D eigenvalue weighted by Gasteiger charge is 2.28. The molecular formula is C12H19N3O2S2. The van der Waals surface area contributed by atoms with Gasteiger partial charge in [-0.1, -0.05) is 0 Å². The second-order valence-electron chi connectivity index (χ2n) is 4.62. The summed E-state index contributed by atoms with van der Waals surface area (Å²) in [5, 5.41) is 3.43. The average molecular weight is 301 g/mol. The van der Waals surface area contributed by atoms with E-state index >= 15 is 0 Å². The Morgan fingerprint density at radius 1 is 1.37 bits per heavy atom. The van der Waals surface area contributed by atoms with Crippen LogP contribution in [0.15, 0.2) is 23.2 Å². The van der Waals surface area contributed by atoms with Crippen LogP contribution in [0.2, 0.25) is 0 Å². The number of anilines is 1. The summed E-state index contributed by atoms with van der Waals surface area (Å²) in [6.07, 6.45) is 6.34. The van der Waals surface area contributed by atoms with Gasteiger partial charge in [-0.25, -0.2) is 18.1 Å². The zero-order valence-corrected chi connectivity index (χ0v) is 12.7. The van der Waals surface area contributed by atoms with Gasteiger partial charge in [0.25, 0.3) is 0 Å². The molecule has 0 spiro atoms. The molecular weight excluding hydrogens is 282 g/mol. The molecule has 1 heterocycles. The van der Waals surface area contributed by atoms with Gasteiger partial charge in [-0.2, -0.15) is 11.8 Å². The van der Waals surface area contributed by atoms with Crippen molar-refractivity contribution in [2.24, 2.45) is 0 Å². The van der Waals surface area contributed by atoms with E-state index in [0.717, 1.165) is 19.3 Å². The van der Waals surface area contributed by atoms with E-state index in [-0.39, 0.29) is 10.9 Å². The normalized spacial score (nSPS) is 23.5. The zero-order valence-electron chi connectivity index (χ0n) is 11.1. The number of thioether (sulfide) groups is 1. The molecule has 106 valence electrons. The maximum absolute atomic E-state index is 12.2. The molecule has 2 atom stereocenters. The van der Waals surface area contributed by atoms with Gasteiger partial charge in [0.15, 0.2) is 0 Å². The van der Waals surface area contributed by atoms with E-state index < -0.39 is 10.0 Å². The Hall–Kier alpha value is -0.790. The van der Waals surface area contributed by atoms with Crippen LogP contribution in [-0.2, 0) is 10.0 Å². The number of rotatable bonds is 5. The van der Waals surface area contributed by atoms with E-state index in [1.807, 2.05) is 11.8 Å². The summed E-state index contributed by atoms with van der Waals surface area (Å²) < 4.78 is 27.2. The number of hydrogen-bond acceptors (Lipinski definition) is 5. The number of nitrogens with zero attached hydrogens (tertiary/aromatic N) is 1. The number of pyridine rings is 1. The lowest BCUT2D eigenvalue weighted by Crippen LogP contribution is -2.33. The molecule has 0 amide bonds. The summed E-state index contributed by atoms with van der Waals surface area (Å²) in [6, 6.07) is 3.28. The quantitative estimate of drug-likeness (QED) is 0.866. The van der Waals surface area contributed by atoms with Crippen molar-refractivity contribution in [3.05, 3.63) is 18.3 Å². The van der Waals surface area contributed by atoms with Crippen molar-refractivity contribution in [2.45, 2.75) is 35.4 Å². The Morgan fingerprint density at radius 3 is 2.68 bits per heavy atom. The van der Waals surface area contributed by atoms with Crippen molar-refractivity contribution < 1.29 is 8.42 Å². The van der Waals surface area contributed by atoms with Gasteiger partial charge in [0.2, 0.25) is 10.0 Å².